The summed E-state index contributed by atoms with van der Waals surface area (Å²) in [5, 5.41) is 3.53. The second-order valence-corrected chi connectivity index (χ2v) is 5.91. The summed E-state index contributed by atoms with van der Waals surface area (Å²) in [7, 11) is 0. The summed E-state index contributed by atoms with van der Waals surface area (Å²) >= 11 is 0. The summed E-state index contributed by atoms with van der Waals surface area (Å²) in [6, 6.07) is 7.32. The SMILES string of the molecule is C=C(C)CN1CCC(NCc2ccc(OC(F)F)cc2)CC1. The van der Waals surface area contributed by atoms with Crippen molar-refractivity contribution in [3.8, 4) is 5.75 Å². The fourth-order valence-corrected chi connectivity index (χ4v) is 2.73. The van der Waals surface area contributed by atoms with Crippen LogP contribution >= 0.6 is 0 Å². The molecule has 0 amide bonds. The van der Waals surface area contributed by atoms with E-state index in [9.17, 15) is 8.78 Å². The molecule has 0 unspecified atom stereocenters. The number of ether oxygens (including phenoxy) is 1. The second-order valence-electron chi connectivity index (χ2n) is 5.91. The van der Waals surface area contributed by atoms with Crippen molar-refractivity contribution in [1.29, 1.82) is 0 Å². The smallest absolute Gasteiger partial charge is 0.387 e. The molecule has 2 rings (SSSR count). The number of likely N-dealkylation sites (tertiary alicyclic amines) is 1. The Morgan fingerprint density at radius 2 is 1.95 bits per heavy atom. The molecule has 1 aromatic rings. The van der Waals surface area contributed by atoms with Gasteiger partial charge in [0.05, 0.1) is 0 Å². The lowest BCUT2D eigenvalue weighted by atomic mass is 10.0. The molecule has 1 saturated heterocycles. The van der Waals surface area contributed by atoms with Crippen molar-refractivity contribution in [2.45, 2.75) is 39.0 Å². The van der Waals surface area contributed by atoms with Crippen LogP contribution < -0.4 is 10.1 Å². The number of halogens is 2. The van der Waals surface area contributed by atoms with Gasteiger partial charge in [-0.15, -0.1) is 0 Å². The highest BCUT2D eigenvalue weighted by atomic mass is 19.3. The molecule has 22 heavy (non-hydrogen) atoms. The van der Waals surface area contributed by atoms with Crippen molar-refractivity contribution in [2.75, 3.05) is 19.6 Å². The molecule has 1 N–H and O–H groups in total. The van der Waals surface area contributed by atoms with E-state index in [2.05, 4.69) is 28.5 Å². The van der Waals surface area contributed by atoms with Crippen LogP contribution in [0, 0.1) is 0 Å². The lowest BCUT2D eigenvalue weighted by molar-refractivity contribution is -0.0498. The Hall–Kier alpha value is -1.46. The molecule has 0 atom stereocenters. The van der Waals surface area contributed by atoms with Gasteiger partial charge in [0.15, 0.2) is 0 Å². The third-order valence-electron chi connectivity index (χ3n) is 3.82. The van der Waals surface area contributed by atoms with Gasteiger partial charge in [-0.05, 0) is 50.6 Å². The molecule has 5 heteroatoms. The maximum atomic E-state index is 12.1. The molecular weight excluding hydrogens is 286 g/mol. The van der Waals surface area contributed by atoms with Gasteiger partial charge < -0.3 is 10.1 Å². The van der Waals surface area contributed by atoms with Gasteiger partial charge in [0.1, 0.15) is 5.75 Å². The standard InChI is InChI=1S/C17H24F2N2O/c1-13(2)12-21-9-7-15(8-10-21)20-11-14-3-5-16(6-4-14)22-17(18)19/h3-6,15,17,20H,1,7-12H2,2H3. The first kappa shape index (κ1) is 16.9. The van der Waals surface area contributed by atoms with Crippen LogP contribution in [-0.2, 0) is 6.54 Å². The summed E-state index contributed by atoms with van der Waals surface area (Å²) in [5.74, 6) is 0.201. The number of rotatable bonds is 7. The lowest BCUT2D eigenvalue weighted by Crippen LogP contribution is -2.42. The van der Waals surface area contributed by atoms with Gasteiger partial charge in [-0.25, -0.2) is 0 Å². The molecule has 1 fully saturated rings. The first-order valence-electron chi connectivity index (χ1n) is 7.67. The van der Waals surface area contributed by atoms with Crippen molar-refractivity contribution >= 4 is 0 Å². The Balaban J connectivity index is 1.71. The number of piperidine rings is 1. The van der Waals surface area contributed by atoms with Gasteiger partial charge in [-0.2, -0.15) is 8.78 Å². The number of hydrogen-bond acceptors (Lipinski definition) is 3. The van der Waals surface area contributed by atoms with E-state index in [0.717, 1.165) is 44.6 Å². The van der Waals surface area contributed by atoms with E-state index in [0.29, 0.717) is 6.04 Å². The molecule has 1 aliphatic rings. The average Bonchev–Trinajstić information content (AvgIpc) is 2.47. The van der Waals surface area contributed by atoms with E-state index < -0.39 is 6.61 Å². The third-order valence-corrected chi connectivity index (χ3v) is 3.82. The Kier molecular flexibility index (Phi) is 6.34. The van der Waals surface area contributed by atoms with Crippen molar-refractivity contribution < 1.29 is 13.5 Å². The van der Waals surface area contributed by atoms with E-state index in [1.165, 1.54) is 5.57 Å². The molecule has 1 heterocycles. The van der Waals surface area contributed by atoms with E-state index in [1.54, 1.807) is 12.1 Å². The number of nitrogens with zero attached hydrogens (tertiary/aromatic N) is 1. The molecule has 1 aromatic carbocycles. The van der Waals surface area contributed by atoms with E-state index in [1.807, 2.05) is 12.1 Å². The van der Waals surface area contributed by atoms with Crippen LogP contribution in [-0.4, -0.2) is 37.2 Å². The van der Waals surface area contributed by atoms with E-state index >= 15 is 0 Å². The summed E-state index contributed by atoms with van der Waals surface area (Å²) in [4.78, 5) is 2.43. The monoisotopic (exact) mass is 310 g/mol. The van der Waals surface area contributed by atoms with Gasteiger partial charge in [-0.3, -0.25) is 4.90 Å². The van der Waals surface area contributed by atoms with Crippen molar-refractivity contribution in [3.05, 3.63) is 42.0 Å². The Morgan fingerprint density at radius 3 is 2.50 bits per heavy atom. The topological polar surface area (TPSA) is 24.5 Å². The average molecular weight is 310 g/mol. The maximum Gasteiger partial charge on any atom is 0.387 e. The van der Waals surface area contributed by atoms with Gasteiger partial charge in [0.2, 0.25) is 0 Å². The predicted molar refractivity (Wildman–Crippen MR) is 84.2 cm³/mol. The maximum absolute atomic E-state index is 12.1. The fraction of sp³-hybridized carbons (Fsp3) is 0.529. The highest BCUT2D eigenvalue weighted by Crippen LogP contribution is 2.16. The summed E-state index contributed by atoms with van der Waals surface area (Å²) in [6.07, 6.45) is 2.25. The van der Waals surface area contributed by atoms with E-state index in [-0.39, 0.29) is 5.75 Å². The summed E-state index contributed by atoms with van der Waals surface area (Å²) in [5.41, 5.74) is 2.28. The second kappa shape index (κ2) is 8.25. The molecule has 3 nitrogen and oxygen atoms in total. The molecule has 0 radical (unpaired) electrons. The third kappa shape index (κ3) is 5.73. The zero-order chi connectivity index (χ0) is 15.9. The fourth-order valence-electron chi connectivity index (χ4n) is 2.73. The molecule has 1 aliphatic heterocycles. The highest BCUT2D eigenvalue weighted by Gasteiger charge is 2.18. The number of nitrogens with one attached hydrogen (secondary N) is 1. The predicted octanol–water partition coefficient (Wildman–Crippen LogP) is 3.42. The van der Waals surface area contributed by atoms with Gasteiger partial charge in [-0.1, -0.05) is 24.3 Å². The van der Waals surface area contributed by atoms with Gasteiger partial charge in [0.25, 0.3) is 0 Å². The quantitative estimate of drug-likeness (QED) is 0.781. The van der Waals surface area contributed by atoms with Crippen LogP contribution in [0.4, 0.5) is 8.78 Å². The van der Waals surface area contributed by atoms with Gasteiger partial charge >= 0.3 is 6.61 Å². The lowest BCUT2D eigenvalue weighted by Gasteiger charge is -2.32. The molecular formula is C17H24F2N2O. The van der Waals surface area contributed by atoms with Crippen LogP contribution in [0.2, 0.25) is 0 Å². The number of benzene rings is 1. The number of alkyl halides is 2. The zero-order valence-corrected chi connectivity index (χ0v) is 13.0. The van der Waals surface area contributed by atoms with Crippen LogP contribution in [0.3, 0.4) is 0 Å². The van der Waals surface area contributed by atoms with Crippen molar-refractivity contribution in [3.63, 3.8) is 0 Å². The minimum absolute atomic E-state index is 0.201. The minimum Gasteiger partial charge on any atom is -0.435 e. The zero-order valence-electron chi connectivity index (χ0n) is 13.0. The van der Waals surface area contributed by atoms with Crippen LogP contribution in [0.5, 0.6) is 5.75 Å². The molecule has 122 valence electrons. The Bertz CT molecular complexity index is 468. The normalized spacial score (nSPS) is 16.9. The summed E-state index contributed by atoms with van der Waals surface area (Å²) < 4.78 is 28.5. The highest BCUT2D eigenvalue weighted by molar-refractivity contribution is 5.27. The number of hydrogen-bond donors (Lipinski definition) is 1. The van der Waals surface area contributed by atoms with Crippen LogP contribution in [0.25, 0.3) is 0 Å². The Labute approximate surface area is 131 Å². The molecule has 0 bridgehead atoms. The molecule has 0 aliphatic carbocycles. The van der Waals surface area contributed by atoms with Crippen LogP contribution in [0.1, 0.15) is 25.3 Å². The van der Waals surface area contributed by atoms with Gasteiger partial charge in [0, 0.05) is 19.1 Å². The Morgan fingerprint density at radius 1 is 1.32 bits per heavy atom. The first-order valence-corrected chi connectivity index (χ1v) is 7.67. The van der Waals surface area contributed by atoms with Crippen LogP contribution in [0.15, 0.2) is 36.4 Å². The molecule has 0 saturated carbocycles. The molecule has 0 spiro atoms. The largest absolute Gasteiger partial charge is 0.435 e. The van der Waals surface area contributed by atoms with Crippen molar-refractivity contribution in [2.24, 2.45) is 0 Å². The molecule has 0 aromatic heterocycles. The van der Waals surface area contributed by atoms with Crippen molar-refractivity contribution in [1.82, 2.24) is 10.2 Å². The first-order chi connectivity index (χ1) is 10.5. The summed E-state index contributed by atoms with van der Waals surface area (Å²) in [6.45, 7) is 7.16. The minimum atomic E-state index is -2.77. The van der Waals surface area contributed by atoms with E-state index in [4.69, 9.17) is 0 Å².